The quantitative estimate of drug-likeness (QED) is 0.270. The Morgan fingerprint density at radius 3 is 2.52 bits per heavy atom. The van der Waals surface area contributed by atoms with Gasteiger partial charge in [-0.25, -0.2) is 0 Å². The maximum Gasteiger partial charge on any atom is 0.266 e. The number of aryl methyl sites for hydroxylation is 2. The highest BCUT2D eigenvalue weighted by Gasteiger charge is 2.15. The summed E-state index contributed by atoms with van der Waals surface area (Å²) in [7, 11) is 1.50. The van der Waals surface area contributed by atoms with E-state index in [1.54, 1.807) is 12.1 Å². The number of carbonyl (C=O) groups is 1. The molecule has 0 heterocycles. The van der Waals surface area contributed by atoms with Gasteiger partial charge in [0.1, 0.15) is 18.2 Å². The largest absolute Gasteiger partial charge is 0.493 e. The highest BCUT2D eigenvalue weighted by molar-refractivity contribution is 9.10. The molecule has 3 rings (SSSR count). The molecule has 0 unspecified atom stereocenters. The summed E-state index contributed by atoms with van der Waals surface area (Å²) in [5.41, 5.74) is 4.11. The van der Waals surface area contributed by atoms with E-state index in [-0.39, 0.29) is 5.57 Å². The number of nitrogens with one attached hydrogen (secondary N) is 1. The summed E-state index contributed by atoms with van der Waals surface area (Å²) in [4.78, 5) is 12.7. The van der Waals surface area contributed by atoms with Crippen LogP contribution >= 0.6 is 27.5 Å². The summed E-state index contributed by atoms with van der Waals surface area (Å²) >= 11 is 9.86. The van der Waals surface area contributed by atoms with Crippen LogP contribution in [0.3, 0.4) is 0 Å². The van der Waals surface area contributed by atoms with Gasteiger partial charge >= 0.3 is 0 Å². The van der Waals surface area contributed by atoms with Crippen LogP contribution in [0.2, 0.25) is 5.02 Å². The molecule has 0 aliphatic heterocycles. The number of hydrogen-bond acceptors (Lipinski definition) is 4. The summed E-state index contributed by atoms with van der Waals surface area (Å²) in [6.07, 6.45) is 1.46. The Labute approximate surface area is 206 Å². The second-order valence-corrected chi connectivity index (χ2v) is 8.71. The number of hydrogen-bond donors (Lipinski definition) is 1. The number of anilines is 1. The number of rotatable bonds is 7. The molecule has 1 N–H and O–H groups in total. The van der Waals surface area contributed by atoms with E-state index in [0.717, 1.165) is 21.2 Å². The minimum Gasteiger partial charge on any atom is -0.493 e. The molecule has 0 saturated heterocycles. The van der Waals surface area contributed by atoms with Gasteiger partial charge < -0.3 is 14.8 Å². The molecule has 0 spiro atoms. The van der Waals surface area contributed by atoms with Crippen LogP contribution in [0.1, 0.15) is 22.3 Å². The Morgan fingerprint density at radius 1 is 1.15 bits per heavy atom. The molecule has 0 saturated carbocycles. The zero-order valence-electron chi connectivity index (χ0n) is 18.4. The van der Waals surface area contributed by atoms with E-state index in [9.17, 15) is 10.1 Å². The third-order valence-electron chi connectivity index (χ3n) is 4.85. The fourth-order valence-corrected chi connectivity index (χ4v) is 3.70. The molecule has 3 aromatic rings. The molecule has 0 aromatic heterocycles. The van der Waals surface area contributed by atoms with Crippen molar-refractivity contribution in [3.8, 4) is 17.6 Å². The van der Waals surface area contributed by atoms with Crippen LogP contribution in [-0.2, 0) is 11.4 Å². The van der Waals surface area contributed by atoms with Crippen LogP contribution in [0, 0.1) is 25.2 Å². The van der Waals surface area contributed by atoms with E-state index in [1.165, 1.54) is 13.2 Å². The second kappa shape index (κ2) is 11.0. The number of amides is 1. The van der Waals surface area contributed by atoms with Gasteiger partial charge in [0.25, 0.3) is 5.91 Å². The average molecular weight is 526 g/mol. The molecule has 0 aliphatic rings. The average Bonchev–Trinajstić information content (AvgIpc) is 2.79. The molecule has 5 nitrogen and oxygen atoms in total. The highest BCUT2D eigenvalue weighted by atomic mass is 79.9. The summed E-state index contributed by atoms with van der Waals surface area (Å²) in [6, 6.07) is 18.7. The summed E-state index contributed by atoms with van der Waals surface area (Å²) in [6.45, 7) is 4.18. The predicted octanol–water partition coefficient (Wildman–Crippen LogP) is 6.85. The van der Waals surface area contributed by atoms with E-state index in [4.69, 9.17) is 21.1 Å². The molecule has 0 fully saturated rings. The SMILES string of the molecule is COc1cc(/C=C(\C#N)C(=O)Nc2ccc(C)cc2C)cc(Cl)c1OCc1ccc(Br)cc1. The van der Waals surface area contributed by atoms with Gasteiger partial charge in [-0.3, -0.25) is 4.79 Å². The predicted molar refractivity (Wildman–Crippen MR) is 135 cm³/mol. The van der Waals surface area contributed by atoms with Gasteiger partial charge in [-0.05, 0) is 66.9 Å². The first-order chi connectivity index (χ1) is 15.8. The van der Waals surface area contributed by atoms with Crippen molar-refractivity contribution in [2.75, 3.05) is 12.4 Å². The van der Waals surface area contributed by atoms with Crippen molar-refractivity contribution in [3.05, 3.63) is 91.9 Å². The van der Waals surface area contributed by atoms with Crippen LogP contribution in [0.4, 0.5) is 5.69 Å². The van der Waals surface area contributed by atoms with Crippen LogP contribution in [0.25, 0.3) is 6.08 Å². The molecule has 1 amide bonds. The van der Waals surface area contributed by atoms with Gasteiger partial charge in [0.2, 0.25) is 0 Å². The lowest BCUT2D eigenvalue weighted by atomic mass is 10.1. The van der Waals surface area contributed by atoms with Crippen LogP contribution < -0.4 is 14.8 Å². The molecule has 33 heavy (non-hydrogen) atoms. The first-order valence-electron chi connectivity index (χ1n) is 10.1. The fraction of sp³-hybridized carbons (Fsp3) is 0.154. The molecule has 168 valence electrons. The Morgan fingerprint density at radius 2 is 1.88 bits per heavy atom. The first-order valence-corrected chi connectivity index (χ1v) is 11.2. The zero-order valence-corrected chi connectivity index (χ0v) is 20.8. The standard InChI is InChI=1S/C26H22BrClN2O3/c1-16-4-9-23(17(2)10-16)30-26(31)20(14-29)11-19-12-22(28)25(24(13-19)32-3)33-15-18-5-7-21(27)8-6-18/h4-13H,15H2,1-3H3,(H,30,31)/b20-11+. The van der Waals surface area contributed by atoms with Crippen molar-refractivity contribution >= 4 is 45.2 Å². The number of carbonyl (C=O) groups excluding carboxylic acids is 1. The third kappa shape index (κ3) is 6.38. The van der Waals surface area contributed by atoms with Crippen molar-refractivity contribution in [1.29, 1.82) is 5.26 Å². The number of nitrogens with zero attached hydrogens (tertiary/aromatic N) is 1. The smallest absolute Gasteiger partial charge is 0.266 e. The number of benzene rings is 3. The molecule has 0 atom stereocenters. The Balaban J connectivity index is 1.82. The van der Waals surface area contributed by atoms with Crippen molar-refractivity contribution in [3.63, 3.8) is 0 Å². The van der Waals surface area contributed by atoms with Crippen molar-refractivity contribution in [2.45, 2.75) is 20.5 Å². The Bertz CT molecular complexity index is 1250. The summed E-state index contributed by atoms with van der Waals surface area (Å²) in [5.74, 6) is 0.283. The molecular weight excluding hydrogens is 504 g/mol. The lowest BCUT2D eigenvalue weighted by Crippen LogP contribution is -2.14. The van der Waals surface area contributed by atoms with Gasteiger partial charge in [-0.15, -0.1) is 0 Å². The zero-order chi connectivity index (χ0) is 24.0. The molecule has 0 bridgehead atoms. The van der Waals surface area contributed by atoms with Gasteiger partial charge in [0.15, 0.2) is 11.5 Å². The minimum absolute atomic E-state index is 0.0587. The lowest BCUT2D eigenvalue weighted by Gasteiger charge is -2.14. The van der Waals surface area contributed by atoms with E-state index in [1.807, 2.05) is 62.4 Å². The van der Waals surface area contributed by atoms with Crippen molar-refractivity contribution < 1.29 is 14.3 Å². The van der Waals surface area contributed by atoms with E-state index >= 15 is 0 Å². The Kier molecular flexibility index (Phi) is 8.16. The number of ether oxygens (including phenoxy) is 2. The normalized spacial score (nSPS) is 11.0. The van der Waals surface area contributed by atoms with Crippen LogP contribution in [0.5, 0.6) is 11.5 Å². The first kappa shape index (κ1) is 24.4. The number of methoxy groups -OCH3 is 1. The highest BCUT2D eigenvalue weighted by Crippen LogP contribution is 2.37. The maximum atomic E-state index is 12.7. The van der Waals surface area contributed by atoms with Crippen molar-refractivity contribution in [2.24, 2.45) is 0 Å². The molecular formula is C26H22BrClN2O3. The molecule has 0 radical (unpaired) electrons. The van der Waals surface area contributed by atoms with E-state index in [2.05, 4.69) is 21.2 Å². The Hall–Kier alpha value is -3.27. The van der Waals surface area contributed by atoms with E-state index in [0.29, 0.717) is 34.4 Å². The van der Waals surface area contributed by atoms with Gasteiger partial charge in [-0.1, -0.05) is 57.4 Å². The minimum atomic E-state index is -0.505. The fourth-order valence-electron chi connectivity index (χ4n) is 3.16. The molecule has 7 heteroatoms. The van der Waals surface area contributed by atoms with Gasteiger partial charge in [-0.2, -0.15) is 5.26 Å². The van der Waals surface area contributed by atoms with Gasteiger partial charge in [0.05, 0.1) is 12.1 Å². The number of nitriles is 1. The van der Waals surface area contributed by atoms with Crippen LogP contribution in [-0.4, -0.2) is 13.0 Å². The van der Waals surface area contributed by atoms with E-state index < -0.39 is 5.91 Å². The van der Waals surface area contributed by atoms with Crippen molar-refractivity contribution in [1.82, 2.24) is 0 Å². The second-order valence-electron chi connectivity index (χ2n) is 7.39. The number of halogens is 2. The molecule has 0 aliphatic carbocycles. The van der Waals surface area contributed by atoms with Gasteiger partial charge in [0, 0.05) is 10.2 Å². The topological polar surface area (TPSA) is 71.3 Å². The molecule has 3 aromatic carbocycles. The maximum absolute atomic E-state index is 12.7. The summed E-state index contributed by atoms with van der Waals surface area (Å²) < 4.78 is 12.3. The lowest BCUT2D eigenvalue weighted by molar-refractivity contribution is -0.112. The monoisotopic (exact) mass is 524 g/mol. The van der Waals surface area contributed by atoms with Crippen LogP contribution in [0.15, 0.2) is 64.6 Å². The summed E-state index contributed by atoms with van der Waals surface area (Å²) in [5, 5.41) is 12.7. The third-order valence-corrected chi connectivity index (χ3v) is 5.66.